The molecule has 1 aliphatic rings. The van der Waals surface area contributed by atoms with Gasteiger partial charge in [0, 0.05) is 25.2 Å². The van der Waals surface area contributed by atoms with Gasteiger partial charge in [-0.3, -0.25) is 4.79 Å². The van der Waals surface area contributed by atoms with Crippen molar-refractivity contribution in [1.29, 1.82) is 0 Å². The third-order valence-corrected chi connectivity index (χ3v) is 5.99. The summed E-state index contributed by atoms with van der Waals surface area (Å²) in [4.78, 5) is 12.0. The maximum atomic E-state index is 13.0. The molecule has 0 bridgehead atoms. The van der Waals surface area contributed by atoms with Crippen LogP contribution in [0.15, 0.2) is 23.1 Å². The first-order valence-corrected chi connectivity index (χ1v) is 10.2. The second-order valence-electron chi connectivity index (χ2n) is 6.00. The van der Waals surface area contributed by atoms with Gasteiger partial charge in [-0.15, -0.1) is 12.4 Å². The summed E-state index contributed by atoms with van der Waals surface area (Å²) < 4.78 is 33.0. The highest BCUT2D eigenvalue weighted by molar-refractivity contribution is 7.89. The molecule has 0 aliphatic carbocycles. The Hall–Kier alpha value is -1.35. The van der Waals surface area contributed by atoms with Gasteiger partial charge in [0.05, 0.1) is 6.61 Å². The topological polar surface area (TPSA) is 102 Å². The van der Waals surface area contributed by atoms with Gasteiger partial charge in [0.15, 0.2) is 0 Å². The highest BCUT2D eigenvalue weighted by atomic mass is 35.5. The molecule has 1 aliphatic heterocycles. The van der Waals surface area contributed by atoms with E-state index in [2.05, 4.69) is 5.32 Å². The smallest absolute Gasteiger partial charge is 0.246 e. The Bertz CT molecular complexity index is 691. The number of hydrogen-bond donors (Lipinski definition) is 2. The molecule has 1 fully saturated rings. The minimum Gasteiger partial charge on any atom is -0.492 e. The molecule has 0 atom stereocenters. The van der Waals surface area contributed by atoms with Crippen LogP contribution in [0.3, 0.4) is 0 Å². The largest absolute Gasteiger partial charge is 0.492 e. The molecule has 1 heterocycles. The van der Waals surface area contributed by atoms with E-state index in [0.29, 0.717) is 50.5 Å². The van der Waals surface area contributed by atoms with Crippen LogP contribution in [0.1, 0.15) is 39.0 Å². The zero-order chi connectivity index (χ0) is 18.3. The van der Waals surface area contributed by atoms with Gasteiger partial charge < -0.3 is 15.8 Å². The number of rotatable bonds is 8. The van der Waals surface area contributed by atoms with E-state index < -0.39 is 10.0 Å². The van der Waals surface area contributed by atoms with E-state index in [9.17, 15) is 13.2 Å². The molecule has 7 nitrogen and oxygen atoms in total. The van der Waals surface area contributed by atoms with Gasteiger partial charge >= 0.3 is 0 Å². The highest BCUT2D eigenvalue weighted by Gasteiger charge is 2.29. The van der Waals surface area contributed by atoms with Crippen molar-refractivity contribution in [2.24, 2.45) is 5.73 Å². The Morgan fingerprint density at radius 2 is 1.96 bits per heavy atom. The van der Waals surface area contributed by atoms with Crippen LogP contribution in [-0.2, 0) is 14.8 Å². The Balaban J connectivity index is 0.00000338. The molecule has 148 valence electrons. The van der Waals surface area contributed by atoms with Gasteiger partial charge in [0.25, 0.3) is 0 Å². The Labute approximate surface area is 161 Å². The van der Waals surface area contributed by atoms with Crippen LogP contribution in [0, 0.1) is 0 Å². The number of piperidine rings is 1. The predicted molar refractivity (Wildman–Crippen MR) is 104 cm³/mol. The van der Waals surface area contributed by atoms with Crippen molar-refractivity contribution in [3.8, 4) is 5.75 Å². The number of nitrogens with zero attached hydrogens (tertiary/aromatic N) is 1. The minimum atomic E-state index is -3.65. The van der Waals surface area contributed by atoms with Gasteiger partial charge in [0.2, 0.25) is 15.9 Å². The minimum absolute atomic E-state index is 0. The second kappa shape index (κ2) is 10.7. The molecule has 3 N–H and O–H groups in total. The first kappa shape index (κ1) is 22.7. The number of carbonyl (C=O) groups excluding carboxylic acids is 1. The molecule has 1 saturated heterocycles. The van der Waals surface area contributed by atoms with Crippen LogP contribution in [0.4, 0.5) is 5.69 Å². The van der Waals surface area contributed by atoms with Crippen molar-refractivity contribution in [1.82, 2.24) is 4.31 Å². The summed E-state index contributed by atoms with van der Waals surface area (Å²) in [6.07, 6.45) is 3.65. The highest BCUT2D eigenvalue weighted by Crippen LogP contribution is 2.31. The monoisotopic (exact) mass is 405 g/mol. The molecule has 1 aromatic rings. The van der Waals surface area contributed by atoms with E-state index in [4.69, 9.17) is 10.5 Å². The maximum Gasteiger partial charge on any atom is 0.246 e. The van der Waals surface area contributed by atoms with Gasteiger partial charge in [-0.25, -0.2) is 8.42 Å². The zero-order valence-electron chi connectivity index (χ0n) is 15.1. The van der Waals surface area contributed by atoms with Gasteiger partial charge in [-0.2, -0.15) is 4.31 Å². The summed E-state index contributed by atoms with van der Waals surface area (Å²) in [5, 5.41) is 2.73. The lowest BCUT2D eigenvalue weighted by molar-refractivity contribution is -0.116. The first-order valence-electron chi connectivity index (χ1n) is 8.76. The fourth-order valence-electron chi connectivity index (χ4n) is 2.79. The third-order valence-electron chi connectivity index (χ3n) is 4.07. The summed E-state index contributed by atoms with van der Waals surface area (Å²) in [5.41, 5.74) is 5.85. The number of carbonyl (C=O) groups is 1. The lowest BCUT2D eigenvalue weighted by Crippen LogP contribution is -2.35. The van der Waals surface area contributed by atoms with Gasteiger partial charge in [0.1, 0.15) is 10.6 Å². The normalized spacial score (nSPS) is 15.2. The lowest BCUT2D eigenvalue weighted by Gasteiger charge is -2.27. The fourth-order valence-corrected chi connectivity index (χ4v) is 4.47. The van der Waals surface area contributed by atoms with Crippen LogP contribution < -0.4 is 15.8 Å². The van der Waals surface area contributed by atoms with E-state index in [0.717, 1.165) is 19.3 Å². The van der Waals surface area contributed by atoms with Crippen molar-refractivity contribution in [2.45, 2.75) is 43.9 Å². The molecule has 1 amide bonds. The molecule has 26 heavy (non-hydrogen) atoms. The number of anilines is 1. The Kier molecular flexibility index (Phi) is 9.35. The average molecular weight is 406 g/mol. The number of sulfonamides is 1. The number of halogens is 1. The molecular formula is C17H28ClN3O4S. The molecule has 0 unspecified atom stereocenters. The molecule has 0 saturated carbocycles. The molecule has 0 radical (unpaired) electrons. The van der Waals surface area contributed by atoms with E-state index in [1.165, 1.54) is 10.4 Å². The van der Waals surface area contributed by atoms with E-state index in [1.807, 2.05) is 0 Å². The van der Waals surface area contributed by atoms with E-state index >= 15 is 0 Å². The second-order valence-corrected chi connectivity index (χ2v) is 7.91. The lowest BCUT2D eigenvalue weighted by atomic mass is 10.2. The van der Waals surface area contributed by atoms with Crippen LogP contribution in [0.25, 0.3) is 0 Å². The van der Waals surface area contributed by atoms with Gasteiger partial charge in [-0.05, 0) is 50.9 Å². The number of amides is 1. The molecule has 9 heteroatoms. The van der Waals surface area contributed by atoms with Crippen molar-refractivity contribution < 1.29 is 17.9 Å². The van der Waals surface area contributed by atoms with Crippen molar-refractivity contribution in [3.63, 3.8) is 0 Å². The maximum absolute atomic E-state index is 13.0. The van der Waals surface area contributed by atoms with Crippen LogP contribution in [-0.4, -0.2) is 44.9 Å². The number of hydrogen-bond acceptors (Lipinski definition) is 5. The fraction of sp³-hybridized carbons (Fsp3) is 0.588. The zero-order valence-corrected chi connectivity index (χ0v) is 16.7. The van der Waals surface area contributed by atoms with Crippen LogP contribution in [0.2, 0.25) is 0 Å². The Morgan fingerprint density at radius 1 is 1.27 bits per heavy atom. The molecular weight excluding hydrogens is 378 g/mol. The predicted octanol–water partition coefficient (Wildman–Crippen LogP) is 2.36. The Morgan fingerprint density at radius 3 is 2.58 bits per heavy atom. The van der Waals surface area contributed by atoms with Crippen molar-refractivity contribution in [3.05, 3.63) is 18.2 Å². The molecule has 0 spiro atoms. The van der Waals surface area contributed by atoms with Crippen molar-refractivity contribution >= 4 is 34.0 Å². The number of nitrogens with one attached hydrogen (secondary N) is 1. The van der Waals surface area contributed by atoms with E-state index in [1.54, 1.807) is 19.1 Å². The summed E-state index contributed by atoms with van der Waals surface area (Å²) in [6, 6.07) is 4.73. The van der Waals surface area contributed by atoms with Crippen LogP contribution >= 0.6 is 12.4 Å². The summed E-state index contributed by atoms with van der Waals surface area (Å²) >= 11 is 0. The van der Waals surface area contributed by atoms with E-state index in [-0.39, 0.29) is 23.2 Å². The quantitative estimate of drug-likeness (QED) is 0.691. The summed E-state index contributed by atoms with van der Waals surface area (Å²) in [5.74, 6) is 0.129. The third kappa shape index (κ3) is 5.84. The van der Waals surface area contributed by atoms with Gasteiger partial charge in [-0.1, -0.05) is 6.42 Å². The molecule has 1 aromatic carbocycles. The SMILES string of the molecule is CCOc1ccc(NC(=O)CCCN)cc1S(=O)(=O)N1CCCCC1.Cl. The molecule has 0 aromatic heterocycles. The standard InChI is InChI=1S/C17H27N3O4S.ClH/c1-2-24-15-9-8-14(19-17(21)7-6-10-18)13-16(15)25(22,23)20-11-4-3-5-12-20;/h8-9,13H,2-7,10-12,18H2,1H3,(H,19,21);1H. The summed E-state index contributed by atoms with van der Waals surface area (Å²) in [6.45, 7) is 3.64. The van der Waals surface area contributed by atoms with Crippen LogP contribution in [0.5, 0.6) is 5.75 Å². The van der Waals surface area contributed by atoms with Crippen molar-refractivity contribution in [2.75, 3.05) is 31.6 Å². The average Bonchev–Trinajstić information content (AvgIpc) is 2.62. The number of ether oxygens (including phenoxy) is 1. The molecule has 2 rings (SSSR count). The number of benzene rings is 1. The number of nitrogens with two attached hydrogens (primary N) is 1. The first-order chi connectivity index (χ1) is 12.0. The summed E-state index contributed by atoms with van der Waals surface area (Å²) in [7, 11) is -3.65.